The minimum absolute atomic E-state index is 0.231. The Morgan fingerprint density at radius 2 is 2.38 bits per heavy atom. The van der Waals surface area contributed by atoms with Crippen LogP contribution in [0.5, 0.6) is 0 Å². The average molecular weight is 225 g/mol. The molecule has 7 nitrogen and oxygen atoms in total. The van der Waals surface area contributed by atoms with Crippen molar-refractivity contribution in [1.29, 1.82) is 0 Å². The Balaban J connectivity index is 1.95. The zero-order valence-electron chi connectivity index (χ0n) is 8.43. The highest BCUT2D eigenvalue weighted by Gasteiger charge is 2.22. The van der Waals surface area contributed by atoms with Crippen LogP contribution < -0.4 is 10.9 Å². The van der Waals surface area contributed by atoms with Crippen LogP contribution in [0.25, 0.3) is 0 Å². The number of amides is 1. The lowest BCUT2D eigenvalue weighted by atomic mass is 10.3. The van der Waals surface area contributed by atoms with Gasteiger partial charge in [-0.2, -0.15) is 5.10 Å². The quantitative estimate of drug-likeness (QED) is 0.682. The van der Waals surface area contributed by atoms with Crippen molar-refractivity contribution in [1.82, 2.24) is 10.2 Å². The van der Waals surface area contributed by atoms with E-state index < -0.39 is 6.10 Å². The van der Waals surface area contributed by atoms with Crippen molar-refractivity contribution < 1.29 is 14.3 Å². The fraction of sp³-hybridized carbons (Fsp3) is 0.444. The zero-order chi connectivity index (χ0) is 11.4. The zero-order valence-corrected chi connectivity index (χ0v) is 8.43. The highest BCUT2D eigenvalue weighted by molar-refractivity contribution is 5.93. The molecule has 1 aromatic heterocycles. The Kier molecular flexibility index (Phi) is 3.28. The van der Waals surface area contributed by atoms with Gasteiger partial charge < -0.3 is 14.8 Å². The SMILES string of the molecule is O=C(Nc1ccc(=O)[nH]n1)[C@H]1COCCO1. The lowest BCUT2D eigenvalue weighted by Crippen LogP contribution is -2.39. The lowest BCUT2D eigenvalue weighted by Gasteiger charge is -2.21. The maximum absolute atomic E-state index is 11.6. The molecule has 0 radical (unpaired) electrons. The third-order valence-corrected chi connectivity index (χ3v) is 2.04. The second-order valence-electron chi connectivity index (χ2n) is 3.23. The molecule has 86 valence electrons. The number of anilines is 1. The number of nitrogens with one attached hydrogen (secondary N) is 2. The Hall–Kier alpha value is -1.73. The van der Waals surface area contributed by atoms with Crippen molar-refractivity contribution in [3.8, 4) is 0 Å². The van der Waals surface area contributed by atoms with Gasteiger partial charge in [0.05, 0.1) is 19.8 Å². The first kappa shape index (κ1) is 10.8. The number of ether oxygens (including phenoxy) is 2. The summed E-state index contributed by atoms with van der Waals surface area (Å²) < 4.78 is 10.3. The van der Waals surface area contributed by atoms with E-state index in [1.54, 1.807) is 0 Å². The van der Waals surface area contributed by atoms with Crippen LogP contribution in [0.2, 0.25) is 0 Å². The molecule has 2 N–H and O–H groups in total. The van der Waals surface area contributed by atoms with Gasteiger partial charge in [0.15, 0.2) is 11.9 Å². The van der Waals surface area contributed by atoms with Gasteiger partial charge in [0, 0.05) is 6.07 Å². The number of hydrogen-bond donors (Lipinski definition) is 2. The lowest BCUT2D eigenvalue weighted by molar-refractivity contribution is -0.142. The van der Waals surface area contributed by atoms with Gasteiger partial charge in [0.1, 0.15) is 0 Å². The molecule has 1 atom stereocenters. The maximum Gasteiger partial charge on any atom is 0.264 e. The first-order chi connectivity index (χ1) is 7.75. The number of aromatic nitrogens is 2. The van der Waals surface area contributed by atoms with Gasteiger partial charge in [-0.1, -0.05) is 0 Å². The Labute approximate surface area is 90.8 Å². The molecule has 2 heterocycles. The number of aromatic amines is 1. The molecular weight excluding hydrogens is 214 g/mol. The second-order valence-corrected chi connectivity index (χ2v) is 3.23. The van der Waals surface area contributed by atoms with Crippen molar-refractivity contribution in [3.63, 3.8) is 0 Å². The Morgan fingerprint density at radius 1 is 1.50 bits per heavy atom. The van der Waals surface area contributed by atoms with Crippen LogP contribution in [0.1, 0.15) is 0 Å². The van der Waals surface area contributed by atoms with Gasteiger partial charge >= 0.3 is 0 Å². The number of H-pyrrole nitrogens is 1. The molecule has 0 saturated carbocycles. The summed E-state index contributed by atoms with van der Waals surface area (Å²) in [5, 5.41) is 8.38. The number of nitrogens with zero attached hydrogens (tertiary/aromatic N) is 1. The minimum Gasteiger partial charge on any atom is -0.376 e. The van der Waals surface area contributed by atoms with Crippen LogP contribution in [-0.2, 0) is 14.3 Å². The summed E-state index contributed by atoms with van der Waals surface area (Å²) in [4.78, 5) is 22.3. The monoisotopic (exact) mass is 225 g/mol. The fourth-order valence-electron chi connectivity index (χ4n) is 1.26. The van der Waals surface area contributed by atoms with E-state index >= 15 is 0 Å². The molecule has 1 amide bonds. The molecule has 1 aliphatic rings. The van der Waals surface area contributed by atoms with Gasteiger partial charge in [-0.3, -0.25) is 9.59 Å². The van der Waals surface area contributed by atoms with Crippen molar-refractivity contribution in [3.05, 3.63) is 22.5 Å². The third-order valence-electron chi connectivity index (χ3n) is 2.04. The number of carbonyl (C=O) groups excluding carboxylic acids is 1. The van der Waals surface area contributed by atoms with E-state index in [2.05, 4.69) is 15.5 Å². The van der Waals surface area contributed by atoms with Crippen LogP contribution in [0, 0.1) is 0 Å². The summed E-state index contributed by atoms with van der Waals surface area (Å²) in [7, 11) is 0. The number of carbonyl (C=O) groups is 1. The van der Waals surface area contributed by atoms with Crippen molar-refractivity contribution >= 4 is 11.7 Å². The molecule has 1 saturated heterocycles. The molecule has 0 unspecified atom stereocenters. The van der Waals surface area contributed by atoms with Crippen molar-refractivity contribution in [2.45, 2.75) is 6.10 Å². The summed E-state index contributed by atoms with van der Waals surface area (Å²) in [6.07, 6.45) is -0.623. The molecule has 1 aliphatic heterocycles. The standard InChI is InChI=1S/C9H11N3O4/c13-8-2-1-7(11-12-8)10-9(14)6-5-15-3-4-16-6/h1-2,6H,3-5H2,(H,12,13)(H,10,11,14)/t6-/m1/s1. The Bertz CT molecular complexity index is 405. The molecule has 2 rings (SSSR count). The molecule has 0 aromatic carbocycles. The highest BCUT2D eigenvalue weighted by atomic mass is 16.6. The van der Waals surface area contributed by atoms with Gasteiger partial charge in [0.2, 0.25) is 0 Å². The van der Waals surface area contributed by atoms with E-state index in [1.165, 1.54) is 12.1 Å². The summed E-state index contributed by atoms with van der Waals surface area (Å²) in [6, 6.07) is 2.70. The van der Waals surface area contributed by atoms with E-state index in [0.717, 1.165) is 0 Å². The first-order valence-electron chi connectivity index (χ1n) is 4.81. The first-order valence-corrected chi connectivity index (χ1v) is 4.81. The smallest absolute Gasteiger partial charge is 0.264 e. The molecular formula is C9H11N3O4. The molecule has 16 heavy (non-hydrogen) atoms. The van der Waals surface area contributed by atoms with Gasteiger partial charge in [-0.05, 0) is 6.07 Å². The van der Waals surface area contributed by atoms with Crippen LogP contribution in [0.3, 0.4) is 0 Å². The normalized spacial score (nSPS) is 20.4. The average Bonchev–Trinajstić information content (AvgIpc) is 2.33. The predicted octanol–water partition coefficient (Wildman–Crippen LogP) is -0.876. The number of hydrogen-bond acceptors (Lipinski definition) is 5. The van der Waals surface area contributed by atoms with Crippen LogP contribution in [0.4, 0.5) is 5.82 Å². The van der Waals surface area contributed by atoms with Crippen molar-refractivity contribution in [2.24, 2.45) is 0 Å². The summed E-state index contributed by atoms with van der Waals surface area (Å²) in [5.74, 6) is -0.0574. The molecule has 0 aliphatic carbocycles. The predicted molar refractivity (Wildman–Crippen MR) is 54.0 cm³/mol. The van der Waals surface area contributed by atoms with E-state index in [9.17, 15) is 9.59 Å². The summed E-state index contributed by atoms with van der Waals surface area (Å²) in [6.45, 7) is 1.13. The highest BCUT2D eigenvalue weighted by Crippen LogP contribution is 2.04. The summed E-state index contributed by atoms with van der Waals surface area (Å²) >= 11 is 0. The van der Waals surface area contributed by atoms with E-state index in [4.69, 9.17) is 9.47 Å². The maximum atomic E-state index is 11.6. The fourth-order valence-corrected chi connectivity index (χ4v) is 1.26. The second kappa shape index (κ2) is 4.86. The topological polar surface area (TPSA) is 93.3 Å². The minimum atomic E-state index is -0.623. The van der Waals surface area contributed by atoms with Gasteiger partial charge in [0.25, 0.3) is 11.5 Å². The molecule has 0 spiro atoms. The largest absolute Gasteiger partial charge is 0.376 e. The van der Waals surface area contributed by atoms with Crippen molar-refractivity contribution in [2.75, 3.05) is 25.1 Å². The van der Waals surface area contributed by atoms with Crippen LogP contribution in [-0.4, -0.2) is 42.0 Å². The third kappa shape index (κ3) is 2.65. The van der Waals surface area contributed by atoms with Crippen LogP contribution >= 0.6 is 0 Å². The van der Waals surface area contributed by atoms with E-state index in [-0.39, 0.29) is 23.9 Å². The Morgan fingerprint density at radius 3 is 3.00 bits per heavy atom. The number of rotatable bonds is 2. The van der Waals surface area contributed by atoms with Gasteiger partial charge in [-0.25, -0.2) is 5.10 Å². The molecule has 1 fully saturated rings. The molecule has 1 aromatic rings. The van der Waals surface area contributed by atoms with E-state index in [0.29, 0.717) is 13.2 Å². The molecule has 7 heteroatoms. The van der Waals surface area contributed by atoms with Gasteiger partial charge in [-0.15, -0.1) is 0 Å². The summed E-state index contributed by atoms with van der Waals surface area (Å²) in [5.41, 5.74) is -0.324. The van der Waals surface area contributed by atoms with E-state index in [1.807, 2.05) is 0 Å². The molecule has 0 bridgehead atoms. The van der Waals surface area contributed by atoms with Crippen LogP contribution in [0.15, 0.2) is 16.9 Å².